The summed E-state index contributed by atoms with van der Waals surface area (Å²) in [5.74, 6) is -0.182. The van der Waals surface area contributed by atoms with E-state index in [-0.39, 0.29) is 23.4 Å². The van der Waals surface area contributed by atoms with Crippen LogP contribution in [0, 0.1) is 12.3 Å². The van der Waals surface area contributed by atoms with Gasteiger partial charge in [0.1, 0.15) is 17.1 Å². The van der Waals surface area contributed by atoms with Crippen LogP contribution in [0.3, 0.4) is 0 Å². The summed E-state index contributed by atoms with van der Waals surface area (Å²) in [6, 6.07) is 11.5. The molecule has 1 heterocycles. The molecule has 3 rings (SSSR count). The summed E-state index contributed by atoms with van der Waals surface area (Å²) in [5.41, 5.74) is 0.953. The molecule has 0 spiro atoms. The standard InChI is InChI=1S/C19H21NO4/c1-13-16(17(21)22)10-15(24-13)12-20-18(23)19(8-5-9-19)11-14-6-3-2-4-7-14/h2-4,6-7,10H,5,8-9,11-12H2,1H3,(H,20,23)(H,21,22). The number of aryl methyl sites for hydroxylation is 1. The van der Waals surface area contributed by atoms with Crippen molar-refractivity contribution in [2.45, 2.75) is 39.2 Å². The van der Waals surface area contributed by atoms with Crippen molar-refractivity contribution >= 4 is 11.9 Å². The van der Waals surface area contributed by atoms with Crippen LogP contribution in [0.15, 0.2) is 40.8 Å². The van der Waals surface area contributed by atoms with E-state index in [2.05, 4.69) is 5.32 Å². The van der Waals surface area contributed by atoms with Crippen molar-refractivity contribution in [3.8, 4) is 0 Å². The Balaban J connectivity index is 1.65. The second-order valence-electron chi connectivity index (χ2n) is 6.47. The second-order valence-corrected chi connectivity index (χ2v) is 6.47. The van der Waals surface area contributed by atoms with Crippen molar-refractivity contribution < 1.29 is 19.1 Å². The van der Waals surface area contributed by atoms with E-state index >= 15 is 0 Å². The predicted octanol–water partition coefficient (Wildman–Crippen LogP) is 3.32. The lowest BCUT2D eigenvalue weighted by Crippen LogP contribution is -2.46. The minimum atomic E-state index is -1.02. The van der Waals surface area contributed by atoms with Crippen LogP contribution in [0.4, 0.5) is 0 Å². The van der Waals surface area contributed by atoms with Gasteiger partial charge in [-0.15, -0.1) is 0 Å². The number of aromatic carboxylic acids is 1. The van der Waals surface area contributed by atoms with E-state index in [9.17, 15) is 9.59 Å². The number of hydrogen-bond acceptors (Lipinski definition) is 3. The number of carbonyl (C=O) groups excluding carboxylic acids is 1. The van der Waals surface area contributed by atoms with Crippen molar-refractivity contribution in [3.05, 3.63) is 59.0 Å². The van der Waals surface area contributed by atoms with Gasteiger partial charge in [0, 0.05) is 0 Å². The number of amides is 1. The Morgan fingerprint density at radius 2 is 1.96 bits per heavy atom. The third-order valence-electron chi connectivity index (χ3n) is 4.80. The molecule has 2 aromatic rings. The first-order valence-corrected chi connectivity index (χ1v) is 8.15. The fourth-order valence-corrected chi connectivity index (χ4v) is 3.27. The number of furan rings is 1. The van der Waals surface area contributed by atoms with Crippen molar-refractivity contribution in [3.63, 3.8) is 0 Å². The molecular formula is C19H21NO4. The number of rotatable bonds is 6. The molecule has 1 aromatic heterocycles. The van der Waals surface area contributed by atoms with Gasteiger partial charge in [-0.25, -0.2) is 4.79 Å². The number of nitrogens with one attached hydrogen (secondary N) is 1. The van der Waals surface area contributed by atoms with Gasteiger partial charge in [0.25, 0.3) is 0 Å². The molecule has 2 N–H and O–H groups in total. The molecule has 1 saturated carbocycles. The summed E-state index contributed by atoms with van der Waals surface area (Å²) < 4.78 is 5.41. The molecule has 5 heteroatoms. The molecule has 0 atom stereocenters. The lowest BCUT2D eigenvalue weighted by Gasteiger charge is -2.40. The molecule has 1 aliphatic carbocycles. The van der Waals surface area contributed by atoms with Gasteiger partial charge in [-0.05, 0) is 37.8 Å². The molecular weight excluding hydrogens is 306 g/mol. The van der Waals surface area contributed by atoms with Crippen LogP contribution < -0.4 is 5.32 Å². The number of benzene rings is 1. The van der Waals surface area contributed by atoms with Gasteiger partial charge in [-0.1, -0.05) is 36.8 Å². The Kier molecular flexibility index (Phi) is 4.42. The van der Waals surface area contributed by atoms with E-state index in [1.54, 1.807) is 6.92 Å². The van der Waals surface area contributed by atoms with Crippen LogP contribution in [-0.2, 0) is 17.8 Å². The molecule has 0 radical (unpaired) electrons. The highest BCUT2D eigenvalue weighted by atomic mass is 16.4. The predicted molar refractivity (Wildman–Crippen MR) is 88.7 cm³/mol. The molecule has 126 valence electrons. The summed E-state index contributed by atoms with van der Waals surface area (Å²) >= 11 is 0. The van der Waals surface area contributed by atoms with Gasteiger partial charge in [0.15, 0.2) is 0 Å². The molecule has 0 unspecified atom stereocenters. The first kappa shape index (κ1) is 16.3. The third kappa shape index (κ3) is 3.20. The zero-order valence-corrected chi connectivity index (χ0v) is 13.7. The van der Waals surface area contributed by atoms with Crippen LogP contribution in [0.2, 0.25) is 0 Å². The van der Waals surface area contributed by atoms with Crippen molar-refractivity contribution in [1.29, 1.82) is 0 Å². The maximum atomic E-state index is 12.7. The van der Waals surface area contributed by atoms with Crippen LogP contribution >= 0.6 is 0 Å². The van der Waals surface area contributed by atoms with Gasteiger partial charge < -0.3 is 14.8 Å². The number of hydrogen-bond donors (Lipinski definition) is 2. The highest BCUT2D eigenvalue weighted by Gasteiger charge is 2.43. The Labute approximate surface area is 140 Å². The van der Waals surface area contributed by atoms with Crippen molar-refractivity contribution in [2.24, 2.45) is 5.41 Å². The van der Waals surface area contributed by atoms with Crippen molar-refractivity contribution in [1.82, 2.24) is 5.32 Å². The lowest BCUT2D eigenvalue weighted by atomic mass is 9.64. The molecule has 1 amide bonds. The molecule has 24 heavy (non-hydrogen) atoms. The molecule has 0 bridgehead atoms. The maximum Gasteiger partial charge on any atom is 0.339 e. The van der Waals surface area contributed by atoms with Gasteiger partial charge in [-0.3, -0.25) is 4.79 Å². The van der Waals surface area contributed by atoms with Crippen molar-refractivity contribution in [2.75, 3.05) is 0 Å². The normalized spacial score (nSPS) is 15.5. The van der Waals surface area contributed by atoms with E-state index in [0.29, 0.717) is 11.5 Å². The Hall–Kier alpha value is -2.56. The topological polar surface area (TPSA) is 79.5 Å². The third-order valence-corrected chi connectivity index (χ3v) is 4.80. The largest absolute Gasteiger partial charge is 0.478 e. The zero-order valence-electron chi connectivity index (χ0n) is 13.7. The van der Waals surface area contributed by atoms with Crippen LogP contribution in [-0.4, -0.2) is 17.0 Å². The summed E-state index contributed by atoms with van der Waals surface area (Å²) in [6.07, 6.45) is 3.55. The number of carbonyl (C=O) groups is 2. The van der Waals surface area contributed by atoms with E-state index in [1.165, 1.54) is 6.07 Å². The first-order chi connectivity index (χ1) is 11.5. The fourth-order valence-electron chi connectivity index (χ4n) is 3.27. The fraction of sp³-hybridized carbons (Fsp3) is 0.368. The molecule has 1 aliphatic rings. The molecule has 0 saturated heterocycles. The second kappa shape index (κ2) is 6.51. The van der Waals surface area contributed by atoms with E-state index < -0.39 is 5.97 Å². The van der Waals surface area contributed by atoms with Crippen LogP contribution in [0.25, 0.3) is 0 Å². The van der Waals surface area contributed by atoms with Gasteiger partial charge in [0.05, 0.1) is 12.0 Å². The highest BCUT2D eigenvalue weighted by molar-refractivity contribution is 5.89. The van der Waals surface area contributed by atoms with Crippen LogP contribution in [0.1, 0.15) is 46.7 Å². The Bertz CT molecular complexity index is 744. The minimum Gasteiger partial charge on any atom is -0.478 e. The van der Waals surface area contributed by atoms with Gasteiger partial charge in [-0.2, -0.15) is 0 Å². The summed E-state index contributed by atoms with van der Waals surface area (Å²) in [7, 11) is 0. The van der Waals surface area contributed by atoms with Gasteiger partial charge >= 0.3 is 5.97 Å². The summed E-state index contributed by atoms with van der Waals surface area (Å²) in [6.45, 7) is 1.82. The molecule has 0 aliphatic heterocycles. The average Bonchev–Trinajstić information content (AvgIpc) is 2.91. The SMILES string of the molecule is Cc1oc(CNC(=O)C2(Cc3ccccc3)CCC2)cc1C(=O)O. The average molecular weight is 327 g/mol. The zero-order chi connectivity index (χ0) is 17.2. The highest BCUT2D eigenvalue weighted by Crippen LogP contribution is 2.44. The molecule has 1 aromatic carbocycles. The van der Waals surface area contributed by atoms with Gasteiger partial charge in [0.2, 0.25) is 5.91 Å². The number of carboxylic acids is 1. The maximum absolute atomic E-state index is 12.7. The summed E-state index contributed by atoms with van der Waals surface area (Å²) in [4.78, 5) is 23.7. The monoisotopic (exact) mass is 327 g/mol. The van der Waals surface area contributed by atoms with E-state index in [4.69, 9.17) is 9.52 Å². The van der Waals surface area contributed by atoms with E-state index in [0.717, 1.165) is 31.2 Å². The first-order valence-electron chi connectivity index (χ1n) is 8.15. The summed E-state index contributed by atoms with van der Waals surface area (Å²) in [5, 5.41) is 12.0. The Morgan fingerprint density at radius 1 is 1.25 bits per heavy atom. The lowest BCUT2D eigenvalue weighted by molar-refractivity contribution is -0.136. The van der Waals surface area contributed by atoms with E-state index in [1.807, 2.05) is 30.3 Å². The quantitative estimate of drug-likeness (QED) is 0.853. The molecule has 5 nitrogen and oxygen atoms in total. The molecule has 1 fully saturated rings. The Morgan fingerprint density at radius 3 is 2.50 bits per heavy atom. The minimum absolute atomic E-state index is 0.0172. The smallest absolute Gasteiger partial charge is 0.339 e. The number of carboxylic acid groups (broad SMARTS) is 1. The van der Waals surface area contributed by atoms with Crippen LogP contribution in [0.5, 0.6) is 0 Å².